The summed E-state index contributed by atoms with van der Waals surface area (Å²) < 4.78 is 0. The average molecular weight is 254 g/mol. The van der Waals surface area contributed by atoms with E-state index >= 15 is 0 Å². The van der Waals surface area contributed by atoms with Gasteiger partial charge in [-0.1, -0.05) is 48.0 Å². The quantitative estimate of drug-likeness (QED) is 0.547. The van der Waals surface area contributed by atoms with E-state index in [2.05, 4.69) is 58.9 Å². The molecule has 0 amide bonds. The number of alkyl halides is 1. The molecule has 2 heteroatoms. The zero-order valence-electron chi connectivity index (χ0n) is 8.76. The highest BCUT2D eigenvalue weighted by molar-refractivity contribution is 9.09. The molecule has 0 fully saturated rings. The smallest absolute Gasteiger partial charge is 0.0736 e. The van der Waals surface area contributed by atoms with E-state index in [0.29, 0.717) is 5.41 Å². The molecule has 76 valence electrons. The largest absolute Gasteiger partial charge is 0.361 e. The Bertz CT molecular complexity index is 333. The van der Waals surface area contributed by atoms with Crippen molar-refractivity contribution in [3.63, 3.8) is 0 Å². The van der Waals surface area contributed by atoms with Crippen molar-refractivity contribution in [3.05, 3.63) is 29.8 Å². The third kappa shape index (κ3) is 1.56. The molecule has 1 aliphatic heterocycles. The second-order valence-electron chi connectivity index (χ2n) is 4.53. The molecule has 1 aliphatic rings. The van der Waals surface area contributed by atoms with Crippen molar-refractivity contribution in [1.82, 2.24) is 0 Å². The summed E-state index contributed by atoms with van der Waals surface area (Å²) in [6, 6.07) is 8.73. The van der Waals surface area contributed by atoms with E-state index in [1.54, 1.807) is 0 Å². The van der Waals surface area contributed by atoms with Gasteiger partial charge in [-0.2, -0.15) is 0 Å². The lowest BCUT2D eigenvalue weighted by Crippen LogP contribution is -2.36. The molecule has 1 aromatic rings. The normalized spacial score (nSPS) is 19.2. The van der Waals surface area contributed by atoms with E-state index in [4.69, 9.17) is 0 Å². The van der Waals surface area contributed by atoms with Gasteiger partial charge in [0.15, 0.2) is 0 Å². The van der Waals surface area contributed by atoms with Crippen LogP contribution in [0.1, 0.15) is 25.8 Å². The Morgan fingerprint density at radius 2 is 2.07 bits per heavy atom. The number of para-hydroxylation sites is 1. The maximum Gasteiger partial charge on any atom is 0.0736 e. The number of halogens is 1. The SMILES string of the molecule is CC1(C)CCN(CBr)c2ccccc21. The predicted molar refractivity (Wildman–Crippen MR) is 65.2 cm³/mol. The van der Waals surface area contributed by atoms with Crippen LogP contribution in [0.5, 0.6) is 0 Å². The third-order valence-corrected chi connectivity index (χ3v) is 3.73. The molecule has 1 heterocycles. The van der Waals surface area contributed by atoms with Crippen LogP contribution < -0.4 is 4.90 Å². The van der Waals surface area contributed by atoms with Crippen LogP contribution in [0, 0.1) is 0 Å². The van der Waals surface area contributed by atoms with E-state index < -0.39 is 0 Å². The van der Waals surface area contributed by atoms with E-state index in [0.717, 1.165) is 12.0 Å². The zero-order chi connectivity index (χ0) is 10.2. The Hall–Kier alpha value is -0.500. The highest BCUT2D eigenvalue weighted by Gasteiger charge is 2.29. The molecule has 0 saturated heterocycles. The predicted octanol–water partition coefficient (Wildman–Crippen LogP) is 3.53. The van der Waals surface area contributed by atoms with Gasteiger partial charge >= 0.3 is 0 Å². The van der Waals surface area contributed by atoms with Crippen molar-refractivity contribution in [2.75, 3.05) is 16.9 Å². The lowest BCUT2D eigenvalue weighted by Gasteiger charge is -2.39. The number of nitrogens with zero attached hydrogens (tertiary/aromatic N) is 1. The van der Waals surface area contributed by atoms with Gasteiger partial charge in [0.2, 0.25) is 0 Å². The minimum Gasteiger partial charge on any atom is -0.361 e. The molecular weight excluding hydrogens is 238 g/mol. The van der Waals surface area contributed by atoms with Crippen molar-refractivity contribution in [1.29, 1.82) is 0 Å². The fraction of sp³-hybridized carbons (Fsp3) is 0.500. The standard InChI is InChI=1S/C12H16BrN/c1-12(2)7-8-14(9-13)11-6-4-3-5-10(11)12/h3-6H,7-9H2,1-2H3. The van der Waals surface area contributed by atoms with E-state index in [9.17, 15) is 0 Å². The summed E-state index contributed by atoms with van der Waals surface area (Å²) in [5.41, 5.74) is 4.13. The van der Waals surface area contributed by atoms with E-state index in [-0.39, 0.29) is 0 Å². The topological polar surface area (TPSA) is 3.24 Å². The molecule has 0 aliphatic carbocycles. The lowest BCUT2D eigenvalue weighted by atomic mass is 9.78. The molecule has 0 atom stereocenters. The minimum absolute atomic E-state index is 0.329. The van der Waals surface area contributed by atoms with Gasteiger partial charge in [0, 0.05) is 12.2 Å². The summed E-state index contributed by atoms with van der Waals surface area (Å²) in [6.07, 6.45) is 1.23. The van der Waals surface area contributed by atoms with E-state index in [1.807, 2.05) is 0 Å². The summed E-state index contributed by atoms with van der Waals surface area (Å²) in [5, 5.41) is 0. The van der Waals surface area contributed by atoms with Gasteiger partial charge in [0.25, 0.3) is 0 Å². The van der Waals surface area contributed by atoms with Crippen LogP contribution in [0.15, 0.2) is 24.3 Å². The Morgan fingerprint density at radius 3 is 2.79 bits per heavy atom. The number of rotatable bonds is 1. The second kappa shape index (κ2) is 3.58. The summed E-state index contributed by atoms with van der Waals surface area (Å²) in [7, 11) is 0. The van der Waals surface area contributed by atoms with Gasteiger partial charge in [-0.3, -0.25) is 0 Å². The monoisotopic (exact) mass is 253 g/mol. The highest BCUT2D eigenvalue weighted by Crippen LogP contribution is 2.39. The first kappa shape index (κ1) is 10.0. The summed E-state index contributed by atoms with van der Waals surface area (Å²) in [5.74, 6) is 0. The van der Waals surface area contributed by atoms with Crippen LogP contribution in [0.3, 0.4) is 0 Å². The molecule has 1 aromatic carbocycles. The average Bonchev–Trinajstić information content (AvgIpc) is 2.18. The van der Waals surface area contributed by atoms with Crippen molar-refractivity contribution < 1.29 is 0 Å². The molecule has 0 saturated carbocycles. The molecule has 0 bridgehead atoms. The molecular formula is C12H16BrN. The van der Waals surface area contributed by atoms with Crippen LogP contribution in [-0.4, -0.2) is 12.0 Å². The van der Waals surface area contributed by atoms with Crippen LogP contribution >= 0.6 is 15.9 Å². The number of benzene rings is 1. The Balaban J connectivity index is 2.49. The summed E-state index contributed by atoms with van der Waals surface area (Å²) >= 11 is 3.54. The number of hydrogen-bond acceptors (Lipinski definition) is 1. The highest BCUT2D eigenvalue weighted by atomic mass is 79.9. The van der Waals surface area contributed by atoms with Crippen LogP contribution in [0.25, 0.3) is 0 Å². The van der Waals surface area contributed by atoms with Gasteiger partial charge in [-0.05, 0) is 23.5 Å². The first-order valence-electron chi connectivity index (χ1n) is 5.05. The van der Waals surface area contributed by atoms with Gasteiger partial charge in [0.05, 0.1) is 5.45 Å². The Morgan fingerprint density at radius 1 is 1.36 bits per heavy atom. The molecule has 0 spiro atoms. The molecule has 0 radical (unpaired) electrons. The fourth-order valence-corrected chi connectivity index (χ4v) is 2.64. The molecule has 0 aromatic heterocycles. The van der Waals surface area contributed by atoms with Crippen LogP contribution in [0.4, 0.5) is 5.69 Å². The van der Waals surface area contributed by atoms with Crippen molar-refractivity contribution in [2.24, 2.45) is 0 Å². The van der Waals surface area contributed by atoms with Crippen molar-refractivity contribution in [2.45, 2.75) is 25.7 Å². The number of anilines is 1. The van der Waals surface area contributed by atoms with Gasteiger partial charge < -0.3 is 4.90 Å². The number of hydrogen-bond donors (Lipinski definition) is 0. The van der Waals surface area contributed by atoms with Crippen LogP contribution in [0.2, 0.25) is 0 Å². The molecule has 0 unspecified atom stereocenters. The van der Waals surface area contributed by atoms with E-state index in [1.165, 1.54) is 17.7 Å². The zero-order valence-corrected chi connectivity index (χ0v) is 10.3. The lowest BCUT2D eigenvalue weighted by molar-refractivity contribution is 0.461. The Labute approximate surface area is 94.2 Å². The summed E-state index contributed by atoms with van der Waals surface area (Å²) in [4.78, 5) is 2.39. The molecule has 2 rings (SSSR count). The second-order valence-corrected chi connectivity index (χ2v) is 5.04. The maximum atomic E-state index is 3.54. The third-order valence-electron chi connectivity index (χ3n) is 3.12. The Kier molecular flexibility index (Phi) is 2.56. The minimum atomic E-state index is 0.329. The molecule has 14 heavy (non-hydrogen) atoms. The number of fused-ring (bicyclic) bond motifs is 1. The van der Waals surface area contributed by atoms with Crippen molar-refractivity contribution >= 4 is 21.6 Å². The van der Waals surface area contributed by atoms with Crippen molar-refractivity contribution in [3.8, 4) is 0 Å². The first-order chi connectivity index (χ1) is 6.65. The maximum absolute atomic E-state index is 3.54. The van der Waals surface area contributed by atoms with Gasteiger partial charge in [0.1, 0.15) is 0 Å². The van der Waals surface area contributed by atoms with Gasteiger partial charge in [-0.25, -0.2) is 0 Å². The van der Waals surface area contributed by atoms with Gasteiger partial charge in [-0.15, -0.1) is 0 Å². The summed E-state index contributed by atoms with van der Waals surface area (Å²) in [6.45, 7) is 5.81. The fourth-order valence-electron chi connectivity index (χ4n) is 2.12. The molecule has 1 nitrogen and oxygen atoms in total. The first-order valence-corrected chi connectivity index (χ1v) is 6.18. The van der Waals surface area contributed by atoms with Crippen LogP contribution in [-0.2, 0) is 5.41 Å². The molecule has 0 N–H and O–H groups in total.